The van der Waals surface area contributed by atoms with Crippen LogP contribution in [0.15, 0.2) is 48.5 Å². The zero-order chi connectivity index (χ0) is 21.1. The van der Waals surface area contributed by atoms with Crippen molar-refractivity contribution in [3.8, 4) is 16.9 Å². The monoisotopic (exact) mass is 392 g/mol. The van der Waals surface area contributed by atoms with E-state index in [1.165, 1.54) is 7.11 Å². The van der Waals surface area contributed by atoms with Crippen molar-refractivity contribution in [2.24, 2.45) is 5.73 Å². The van der Waals surface area contributed by atoms with E-state index in [1.807, 2.05) is 38.1 Å². The number of hydrogen-bond acceptors (Lipinski definition) is 4. The summed E-state index contributed by atoms with van der Waals surface area (Å²) in [6, 6.07) is 14.7. The molecule has 1 heterocycles. The third-order valence-electron chi connectivity index (χ3n) is 5.15. The summed E-state index contributed by atoms with van der Waals surface area (Å²) in [5.41, 5.74) is 10.9. The maximum absolute atomic E-state index is 12.3. The number of methoxy groups -OCH3 is 2. The van der Waals surface area contributed by atoms with Crippen LogP contribution in [0.5, 0.6) is 5.75 Å². The first-order valence-electron chi connectivity index (χ1n) is 9.19. The molecule has 1 aromatic heterocycles. The van der Waals surface area contributed by atoms with E-state index in [0.717, 1.165) is 33.8 Å². The number of nitrogens with zero attached hydrogens (tertiary/aromatic N) is 1. The second kappa shape index (κ2) is 8.22. The van der Waals surface area contributed by atoms with Gasteiger partial charge in [-0.1, -0.05) is 30.3 Å². The molecule has 29 heavy (non-hydrogen) atoms. The quantitative estimate of drug-likeness (QED) is 0.648. The van der Waals surface area contributed by atoms with Gasteiger partial charge >= 0.3 is 5.97 Å². The van der Waals surface area contributed by atoms with Gasteiger partial charge in [0.1, 0.15) is 5.75 Å². The lowest BCUT2D eigenvalue weighted by molar-refractivity contribution is 0.0600. The van der Waals surface area contributed by atoms with Gasteiger partial charge in [-0.3, -0.25) is 4.79 Å². The standard InChI is InChI=1S/C23H24N2O4/c1-14-20(16-9-11-17(12-10-16)23(27)29-4)21(22(24)26)15(2)25(14)13-18-7-5-6-8-19(18)28-3/h5-12H,13H2,1-4H3,(H2,24,26). The second-order valence-electron chi connectivity index (χ2n) is 6.75. The van der Waals surface area contributed by atoms with Gasteiger partial charge in [0.15, 0.2) is 0 Å². The van der Waals surface area contributed by atoms with Crippen molar-refractivity contribution in [2.45, 2.75) is 20.4 Å². The Morgan fingerprint density at radius 3 is 2.21 bits per heavy atom. The zero-order valence-corrected chi connectivity index (χ0v) is 17.0. The number of hydrogen-bond donors (Lipinski definition) is 1. The Labute approximate surface area is 169 Å². The van der Waals surface area contributed by atoms with Gasteiger partial charge in [-0.2, -0.15) is 0 Å². The number of primary amides is 1. The van der Waals surface area contributed by atoms with Crippen molar-refractivity contribution < 1.29 is 19.1 Å². The maximum Gasteiger partial charge on any atom is 0.337 e. The van der Waals surface area contributed by atoms with Crippen LogP contribution in [0.4, 0.5) is 0 Å². The molecule has 0 saturated heterocycles. The molecule has 3 aromatic rings. The van der Waals surface area contributed by atoms with E-state index in [-0.39, 0.29) is 0 Å². The lowest BCUT2D eigenvalue weighted by Crippen LogP contribution is -2.14. The van der Waals surface area contributed by atoms with Crippen LogP contribution in [0, 0.1) is 13.8 Å². The number of amides is 1. The van der Waals surface area contributed by atoms with E-state index in [2.05, 4.69) is 4.57 Å². The molecule has 0 spiro atoms. The van der Waals surface area contributed by atoms with Crippen molar-refractivity contribution in [1.29, 1.82) is 0 Å². The van der Waals surface area contributed by atoms with Crippen molar-refractivity contribution in [1.82, 2.24) is 4.57 Å². The van der Waals surface area contributed by atoms with Crippen LogP contribution in [0.1, 0.15) is 37.7 Å². The number of ether oxygens (including phenoxy) is 2. The molecule has 0 aliphatic carbocycles. The lowest BCUT2D eigenvalue weighted by atomic mass is 9.99. The molecule has 3 rings (SSSR count). The predicted molar refractivity (Wildman–Crippen MR) is 111 cm³/mol. The Balaban J connectivity index is 2.12. The number of carbonyl (C=O) groups is 2. The molecule has 0 aliphatic heterocycles. The lowest BCUT2D eigenvalue weighted by Gasteiger charge is -2.13. The van der Waals surface area contributed by atoms with E-state index in [4.69, 9.17) is 15.2 Å². The molecule has 0 radical (unpaired) electrons. The van der Waals surface area contributed by atoms with E-state index >= 15 is 0 Å². The summed E-state index contributed by atoms with van der Waals surface area (Å²) < 4.78 is 12.3. The SMILES string of the molecule is COC(=O)c1ccc(-c2c(C(N)=O)c(C)n(Cc3ccccc3OC)c2C)cc1. The summed E-state index contributed by atoms with van der Waals surface area (Å²) in [5.74, 6) is -0.116. The fraction of sp³-hybridized carbons (Fsp3) is 0.217. The maximum atomic E-state index is 12.3. The molecule has 0 bridgehead atoms. The van der Waals surface area contributed by atoms with Gasteiger partial charge in [-0.15, -0.1) is 0 Å². The first-order valence-corrected chi connectivity index (χ1v) is 9.19. The van der Waals surface area contributed by atoms with Crippen LogP contribution < -0.4 is 10.5 Å². The minimum absolute atomic E-state index is 0.409. The van der Waals surface area contributed by atoms with Crippen LogP contribution in [-0.2, 0) is 11.3 Å². The number of esters is 1. The second-order valence-corrected chi connectivity index (χ2v) is 6.75. The molecule has 150 valence electrons. The average molecular weight is 392 g/mol. The van der Waals surface area contributed by atoms with Gasteiger partial charge in [0.05, 0.1) is 31.9 Å². The fourth-order valence-electron chi connectivity index (χ4n) is 3.67. The highest BCUT2D eigenvalue weighted by Crippen LogP contribution is 2.33. The molecule has 2 aromatic carbocycles. The third-order valence-corrected chi connectivity index (χ3v) is 5.15. The summed E-state index contributed by atoms with van der Waals surface area (Å²) in [5, 5.41) is 0. The molecule has 0 atom stereocenters. The number of nitrogens with two attached hydrogens (primary N) is 1. The predicted octanol–water partition coefficient (Wildman–Crippen LogP) is 3.71. The van der Waals surface area contributed by atoms with E-state index in [0.29, 0.717) is 17.7 Å². The number of para-hydroxylation sites is 1. The molecule has 0 aliphatic rings. The number of carbonyl (C=O) groups excluding carboxylic acids is 2. The van der Waals surface area contributed by atoms with E-state index in [1.54, 1.807) is 31.4 Å². The Hall–Kier alpha value is -3.54. The minimum atomic E-state index is -0.489. The minimum Gasteiger partial charge on any atom is -0.496 e. The Kier molecular flexibility index (Phi) is 5.73. The van der Waals surface area contributed by atoms with Gasteiger partial charge < -0.3 is 19.8 Å². The normalized spacial score (nSPS) is 10.6. The van der Waals surface area contributed by atoms with Crippen LogP contribution in [-0.4, -0.2) is 30.7 Å². The molecule has 6 nitrogen and oxygen atoms in total. The molecular weight excluding hydrogens is 368 g/mol. The van der Waals surface area contributed by atoms with Gasteiger partial charge in [0.25, 0.3) is 5.91 Å². The highest BCUT2D eigenvalue weighted by molar-refractivity contribution is 6.02. The summed E-state index contributed by atoms with van der Waals surface area (Å²) in [4.78, 5) is 24.0. The topological polar surface area (TPSA) is 83.5 Å². The first kappa shape index (κ1) is 20.2. The van der Waals surface area contributed by atoms with Gasteiger partial charge in [-0.05, 0) is 37.6 Å². The van der Waals surface area contributed by atoms with Crippen molar-refractivity contribution in [2.75, 3.05) is 14.2 Å². The smallest absolute Gasteiger partial charge is 0.337 e. The van der Waals surface area contributed by atoms with Crippen molar-refractivity contribution in [3.63, 3.8) is 0 Å². The largest absolute Gasteiger partial charge is 0.496 e. The first-order chi connectivity index (χ1) is 13.9. The molecular formula is C23H24N2O4. The highest BCUT2D eigenvalue weighted by atomic mass is 16.5. The van der Waals surface area contributed by atoms with Crippen LogP contribution in [0.2, 0.25) is 0 Å². The summed E-state index contributed by atoms with van der Waals surface area (Å²) in [6.07, 6.45) is 0. The van der Waals surface area contributed by atoms with Crippen LogP contribution in [0.3, 0.4) is 0 Å². The average Bonchev–Trinajstić information content (AvgIpc) is 2.98. The molecule has 0 fully saturated rings. The third kappa shape index (κ3) is 3.74. The van der Waals surface area contributed by atoms with E-state index < -0.39 is 11.9 Å². The van der Waals surface area contributed by atoms with Gasteiger partial charge in [0.2, 0.25) is 0 Å². The van der Waals surface area contributed by atoms with Crippen molar-refractivity contribution >= 4 is 11.9 Å². The van der Waals surface area contributed by atoms with Gasteiger partial charge in [0, 0.05) is 22.5 Å². The summed E-state index contributed by atoms with van der Waals surface area (Å²) in [6.45, 7) is 4.38. The van der Waals surface area contributed by atoms with Crippen LogP contribution >= 0.6 is 0 Å². The molecule has 2 N–H and O–H groups in total. The number of aromatic nitrogens is 1. The van der Waals surface area contributed by atoms with Gasteiger partial charge in [-0.25, -0.2) is 4.79 Å². The molecule has 6 heteroatoms. The Morgan fingerprint density at radius 2 is 1.62 bits per heavy atom. The zero-order valence-electron chi connectivity index (χ0n) is 17.0. The number of benzene rings is 2. The summed E-state index contributed by atoms with van der Waals surface area (Å²) >= 11 is 0. The van der Waals surface area contributed by atoms with E-state index in [9.17, 15) is 9.59 Å². The highest BCUT2D eigenvalue weighted by Gasteiger charge is 2.23. The molecule has 0 unspecified atom stereocenters. The molecule has 0 saturated carbocycles. The van der Waals surface area contributed by atoms with Crippen LogP contribution in [0.25, 0.3) is 11.1 Å². The summed E-state index contributed by atoms with van der Waals surface area (Å²) in [7, 11) is 2.98. The van der Waals surface area contributed by atoms with Crippen molar-refractivity contribution in [3.05, 3.63) is 76.6 Å². The Bertz CT molecular complexity index is 1070. The number of rotatable bonds is 6. The fourth-order valence-corrected chi connectivity index (χ4v) is 3.67. The molecule has 1 amide bonds. The Morgan fingerprint density at radius 1 is 0.966 bits per heavy atom.